The van der Waals surface area contributed by atoms with Crippen molar-refractivity contribution in [2.24, 2.45) is 0 Å². The van der Waals surface area contributed by atoms with Crippen LogP contribution in [0.3, 0.4) is 0 Å². The lowest BCUT2D eigenvalue weighted by molar-refractivity contribution is 0.395. The van der Waals surface area contributed by atoms with Gasteiger partial charge in [-0.05, 0) is 18.2 Å². The summed E-state index contributed by atoms with van der Waals surface area (Å²) >= 11 is 0. The van der Waals surface area contributed by atoms with Crippen molar-refractivity contribution in [3.05, 3.63) is 40.7 Å². The quantitative estimate of drug-likeness (QED) is 0.870. The van der Waals surface area contributed by atoms with E-state index in [9.17, 15) is 4.79 Å². The normalized spacial score (nSPS) is 10.0. The number of rotatable bonds is 3. The molecule has 1 heterocycles. The molecule has 5 nitrogen and oxygen atoms in total. The molecule has 1 aromatic heterocycles. The number of nitrogens with one attached hydrogen (secondary N) is 1. The lowest BCUT2D eigenvalue weighted by atomic mass is 10.1. The van der Waals surface area contributed by atoms with E-state index in [1.54, 1.807) is 26.4 Å². The summed E-state index contributed by atoms with van der Waals surface area (Å²) in [7, 11) is 3.16. The van der Waals surface area contributed by atoms with E-state index in [0.717, 1.165) is 5.56 Å². The molecule has 2 rings (SSSR count). The maximum Gasteiger partial charge on any atom is 0.264 e. The van der Waals surface area contributed by atoms with Gasteiger partial charge in [0.25, 0.3) is 5.56 Å². The van der Waals surface area contributed by atoms with Gasteiger partial charge in [0.05, 0.1) is 19.9 Å². The summed E-state index contributed by atoms with van der Waals surface area (Å²) in [6, 6.07) is 8.47. The molecule has 0 fully saturated rings. The van der Waals surface area contributed by atoms with E-state index in [-0.39, 0.29) is 5.56 Å². The van der Waals surface area contributed by atoms with Crippen molar-refractivity contribution < 1.29 is 9.47 Å². The van der Waals surface area contributed by atoms with Crippen LogP contribution < -0.4 is 15.0 Å². The van der Waals surface area contributed by atoms with Crippen molar-refractivity contribution in [1.29, 1.82) is 0 Å². The second-order valence-corrected chi connectivity index (χ2v) is 3.37. The van der Waals surface area contributed by atoms with Crippen molar-refractivity contribution in [3.63, 3.8) is 0 Å². The number of methoxy groups -OCH3 is 2. The predicted molar refractivity (Wildman–Crippen MR) is 63.4 cm³/mol. The van der Waals surface area contributed by atoms with E-state index in [0.29, 0.717) is 17.2 Å². The monoisotopic (exact) mass is 232 g/mol. The van der Waals surface area contributed by atoms with Gasteiger partial charge < -0.3 is 9.47 Å². The van der Waals surface area contributed by atoms with E-state index in [1.807, 2.05) is 12.1 Å². The summed E-state index contributed by atoms with van der Waals surface area (Å²) in [5.74, 6) is 1.35. The predicted octanol–water partition coefficient (Wildman–Crippen LogP) is 1.45. The van der Waals surface area contributed by atoms with Gasteiger partial charge in [0.1, 0.15) is 11.5 Å². The van der Waals surface area contributed by atoms with Crippen LogP contribution in [0.2, 0.25) is 0 Å². The van der Waals surface area contributed by atoms with Gasteiger partial charge in [0.2, 0.25) is 0 Å². The smallest absolute Gasteiger partial charge is 0.264 e. The third-order valence-electron chi connectivity index (χ3n) is 2.36. The van der Waals surface area contributed by atoms with E-state index in [1.165, 1.54) is 6.07 Å². The highest BCUT2D eigenvalue weighted by atomic mass is 16.5. The molecule has 0 unspecified atom stereocenters. The molecule has 0 aliphatic carbocycles. The minimum atomic E-state index is -0.235. The Balaban J connectivity index is 2.51. The molecule has 17 heavy (non-hydrogen) atoms. The largest absolute Gasteiger partial charge is 0.497 e. The van der Waals surface area contributed by atoms with Crippen molar-refractivity contribution >= 4 is 0 Å². The van der Waals surface area contributed by atoms with Crippen molar-refractivity contribution in [3.8, 4) is 22.8 Å². The van der Waals surface area contributed by atoms with Gasteiger partial charge in [-0.1, -0.05) is 0 Å². The molecule has 2 aromatic rings. The first-order chi connectivity index (χ1) is 8.24. The third kappa shape index (κ3) is 2.28. The maximum absolute atomic E-state index is 10.9. The standard InChI is InChI=1S/C12H12N2O3/c1-16-8-3-4-9(11(7-8)17-2)10-5-6-12(15)14-13-10/h3-7H,1-2H3,(H,14,15). The molecule has 0 saturated heterocycles. The molecule has 5 heteroatoms. The third-order valence-corrected chi connectivity index (χ3v) is 2.36. The Morgan fingerprint density at radius 2 is 1.94 bits per heavy atom. The molecule has 88 valence electrons. The molecule has 0 spiro atoms. The highest BCUT2D eigenvalue weighted by Gasteiger charge is 2.08. The van der Waals surface area contributed by atoms with Crippen LogP contribution in [0.15, 0.2) is 35.1 Å². The molecule has 0 aliphatic rings. The Morgan fingerprint density at radius 1 is 1.12 bits per heavy atom. The number of aromatic nitrogens is 2. The van der Waals surface area contributed by atoms with E-state index < -0.39 is 0 Å². The lowest BCUT2D eigenvalue weighted by Crippen LogP contribution is -2.05. The zero-order valence-electron chi connectivity index (χ0n) is 9.56. The van der Waals surface area contributed by atoms with Gasteiger partial charge in [0, 0.05) is 17.7 Å². The Labute approximate surface area is 98.0 Å². The van der Waals surface area contributed by atoms with Crippen LogP contribution in [0.1, 0.15) is 0 Å². The second kappa shape index (κ2) is 4.69. The molecule has 0 amide bonds. The average Bonchev–Trinajstić information content (AvgIpc) is 2.39. The van der Waals surface area contributed by atoms with E-state index in [4.69, 9.17) is 9.47 Å². The molecular weight excluding hydrogens is 220 g/mol. The number of aromatic amines is 1. The Hall–Kier alpha value is -2.30. The van der Waals surface area contributed by atoms with Crippen molar-refractivity contribution in [2.45, 2.75) is 0 Å². The summed E-state index contributed by atoms with van der Waals surface area (Å²) in [6.45, 7) is 0. The van der Waals surface area contributed by atoms with Crippen LogP contribution in [0.5, 0.6) is 11.5 Å². The highest BCUT2D eigenvalue weighted by molar-refractivity contribution is 5.68. The topological polar surface area (TPSA) is 64.2 Å². The zero-order valence-corrected chi connectivity index (χ0v) is 9.56. The van der Waals surface area contributed by atoms with Crippen molar-refractivity contribution in [2.75, 3.05) is 14.2 Å². The molecule has 0 atom stereocenters. The number of nitrogens with zero attached hydrogens (tertiary/aromatic N) is 1. The number of H-pyrrole nitrogens is 1. The van der Waals surface area contributed by atoms with Crippen LogP contribution in [-0.4, -0.2) is 24.4 Å². The van der Waals surface area contributed by atoms with Crippen LogP contribution in [0.4, 0.5) is 0 Å². The number of hydrogen-bond acceptors (Lipinski definition) is 4. The first kappa shape index (κ1) is 11.2. The summed E-state index contributed by atoms with van der Waals surface area (Å²) in [4.78, 5) is 10.9. The molecule has 0 saturated carbocycles. The fourth-order valence-electron chi connectivity index (χ4n) is 1.50. The minimum absolute atomic E-state index is 0.235. The average molecular weight is 232 g/mol. The molecule has 1 N–H and O–H groups in total. The van der Waals surface area contributed by atoms with Crippen LogP contribution in [-0.2, 0) is 0 Å². The van der Waals surface area contributed by atoms with E-state index >= 15 is 0 Å². The Kier molecular flexibility index (Phi) is 3.09. The summed E-state index contributed by atoms with van der Waals surface area (Å²) < 4.78 is 10.4. The van der Waals surface area contributed by atoms with Gasteiger partial charge in [-0.25, -0.2) is 5.10 Å². The van der Waals surface area contributed by atoms with Crippen LogP contribution in [0, 0.1) is 0 Å². The van der Waals surface area contributed by atoms with E-state index in [2.05, 4.69) is 10.2 Å². The molecule has 0 bridgehead atoms. The molecular formula is C12H12N2O3. The first-order valence-corrected chi connectivity index (χ1v) is 5.02. The summed E-state index contributed by atoms with van der Waals surface area (Å²) in [5, 5.41) is 6.34. The first-order valence-electron chi connectivity index (χ1n) is 5.02. The Bertz CT molecular complexity index is 558. The fourth-order valence-corrected chi connectivity index (χ4v) is 1.50. The van der Waals surface area contributed by atoms with Gasteiger partial charge in [-0.15, -0.1) is 0 Å². The number of benzene rings is 1. The van der Waals surface area contributed by atoms with Gasteiger partial charge >= 0.3 is 0 Å². The van der Waals surface area contributed by atoms with Gasteiger partial charge in [-0.2, -0.15) is 5.10 Å². The number of ether oxygens (including phenoxy) is 2. The van der Waals surface area contributed by atoms with Crippen LogP contribution >= 0.6 is 0 Å². The summed E-state index contributed by atoms with van der Waals surface area (Å²) in [5.41, 5.74) is 1.20. The zero-order chi connectivity index (χ0) is 12.3. The SMILES string of the molecule is COc1ccc(-c2ccc(=O)[nH]n2)c(OC)c1. The summed E-state index contributed by atoms with van der Waals surface area (Å²) in [6.07, 6.45) is 0. The van der Waals surface area contributed by atoms with Gasteiger partial charge in [0.15, 0.2) is 0 Å². The second-order valence-electron chi connectivity index (χ2n) is 3.37. The molecule has 1 aromatic carbocycles. The van der Waals surface area contributed by atoms with Crippen molar-refractivity contribution in [1.82, 2.24) is 10.2 Å². The fraction of sp³-hybridized carbons (Fsp3) is 0.167. The number of hydrogen-bond donors (Lipinski definition) is 1. The molecule has 0 aliphatic heterocycles. The highest BCUT2D eigenvalue weighted by Crippen LogP contribution is 2.31. The lowest BCUT2D eigenvalue weighted by Gasteiger charge is -2.09. The maximum atomic E-state index is 10.9. The Morgan fingerprint density at radius 3 is 2.53 bits per heavy atom. The minimum Gasteiger partial charge on any atom is -0.497 e. The molecule has 0 radical (unpaired) electrons. The van der Waals surface area contributed by atoms with Gasteiger partial charge in [-0.3, -0.25) is 4.79 Å². The van der Waals surface area contributed by atoms with Crippen LogP contribution in [0.25, 0.3) is 11.3 Å².